The van der Waals surface area contributed by atoms with E-state index in [1.165, 1.54) is 9.78 Å². The van der Waals surface area contributed by atoms with Crippen LogP contribution in [0.5, 0.6) is 5.75 Å². The van der Waals surface area contributed by atoms with E-state index in [9.17, 15) is 0 Å². The molecule has 1 aromatic carbocycles. The van der Waals surface area contributed by atoms with Crippen LogP contribution < -0.4 is 10.1 Å². The van der Waals surface area contributed by atoms with Crippen molar-refractivity contribution in [2.24, 2.45) is 9.98 Å². The smallest absolute Gasteiger partial charge is 0.133 e. The maximum atomic E-state index is 6.57. The Morgan fingerprint density at radius 3 is 2.78 bits per heavy atom. The van der Waals surface area contributed by atoms with Crippen molar-refractivity contribution in [3.05, 3.63) is 57.6 Å². The number of nitrogens with zero attached hydrogens (tertiary/aromatic N) is 3. The van der Waals surface area contributed by atoms with Gasteiger partial charge in [-0.25, -0.2) is 4.98 Å². The topological polar surface area (TPSA) is 68.1 Å². The van der Waals surface area contributed by atoms with Crippen LogP contribution in [-0.2, 0) is 4.74 Å². The quantitative estimate of drug-likeness (QED) is 0.308. The van der Waals surface area contributed by atoms with Crippen molar-refractivity contribution in [2.45, 2.75) is 66.0 Å². The number of amidine groups is 1. The Hall–Kier alpha value is -2.42. The van der Waals surface area contributed by atoms with Gasteiger partial charge in [-0.2, -0.15) is 0 Å². The zero-order valence-electron chi connectivity index (χ0n) is 21.8. The highest BCUT2D eigenvalue weighted by atomic mass is 32.2. The summed E-state index contributed by atoms with van der Waals surface area (Å²) in [5.41, 5.74) is 3.13. The second-order valence-corrected chi connectivity index (χ2v) is 11.6. The minimum absolute atomic E-state index is 0.0683. The maximum absolute atomic E-state index is 6.57. The van der Waals surface area contributed by atoms with Crippen LogP contribution in [0, 0.1) is 13.8 Å². The van der Waals surface area contributed by atoms with Crippen LogP contribution >= 0.6 is 23.1 Å². The molecular formula is C28H36N4O2S2. The van der Waals surface area contributed by atoms with Crippen LogP contribution in [0.25, 0.3) is 10.6 Å². The highest BCUT2D eigenvalue weighted by Gasteiger charge is 2.22. The van der Waals surface area contributed by atoms with Crippen molar-refractivity contribution in [3.8, 4) is 16.3 Å². The zero-order valence-corrected chi connectivity index (χ0v) is 23.5. The molecule has 1 saturated heterocycles. The summed E-state index contributed by atoms with van der Waals surface area (Å²) >= 11 is 3.40. The second-order valence-electron chi connectivity index (χ2n) is 9.06. The molecule has 0 bridgehead atoms. The summed E-state index contributed by atoms with van der Waals surface area (Å²) in [6, 6.07) is 4.25. The SMILES string of the molecule is CC/C=C/NC(=NC(C)C1=NCC=C(C)S1)c1cc(-c2ncc(C)s2)cc(OC2CCOCC2)c1C. The zero-order chi connectivity index (χ0) is 25.5. The van der Waals surface area contributed by atoms with Crippen molar-refractivity contribution in [1.29, 1.82) is 0 Å². The summed E-state index contributed by atoms with van der Waals surface area (Å²) in [6.07, 6.45) is 11.0. The van der Waals surface area contributed by atoms with Crippen LogP contribution in [0.1, 0.15) is 56.0 Å². The van der Waals surface area contributed by atoms with Crippen molar-refractivity contribution < 1.29 is 9.47 Å². The molecule has 192 valence electrons. The number of rotatable bonds is 8. The number of hydrogen-bond acceptors (Lipinski definition) is 7. The van der Waals surface area contributed by atoms with Gasteiger partial charge >= 0.3 is 0 Å². The molecule has 8 heteroatoms. The number of nitrogens with one attached hydrogen (secondary N) is 1. The average molecular weight is 525 g/mol. The molecule has 0 amide bonds. The van der Waals surface area contributed by atoms with Crippen LogP contribution in [0.15, 0.2) is 51.6 Å². The molecule has 2 aromatic rings. The number of aliphatic imine (C=N–C) groups is 2. The standard InChI is InChI=1S/C28H36N4O2S2/c1-6-7-11-29-26(32-21(5)27-30-12-8-18(2)35-27)24-15-22(28-31-17-19(3)36-28)16-25(20(24)4)34-23-9-13-33-14-10-23/h7-8,11,15-17,21,23H,6,9-10,12-14H2,1-5H3,(H,29,32)/b11-7+. The molecule has 1 aromatic heterocycles. The van der Waals surface area contributed by atoms with E-state index in [2.05, 4.69) is 69.2 Å². The lowest BCUT2D eigenvalue weighted by Gasteiger charge is -2.25. The molecule has 1 fully saturated rings. The number of hydrogen-bond donors (Lipinski definition) is 1. The summed E-state index contributed by atoms with van der Waals surface area (Å²) < 4.78 is 12.1. The largest absolute Gasteiger partial charge is 0.490 e. The number of thioether (sulfide) groups is 1. The molecule has 2 aliphatic rings. The summed E-state index contributed by atoms with van der Waals surface area (Å²) in [4.78, 5) is 17.0. The van der Waals surface area contributed by atoms with E-state index >= 15 is 0 Å². The van der Waals surface area contributed by atoms with Gasteiger partial charge in [0, 0.05) is 40.6 Å². The van der Waals surface area contributed by atoms with Crippen LogP contribution in [0.2, 0.25) is 0 Å². The third-order valence-electron chi connectivity index (χ3n) is 6.09. The van der Waals surface area contributed by atoms with E-state index in [0.29, 0.717) is 6.54 Å². The summed E-state index contributed by atoms with van der Waals surface area (Å²) in [6.45, 7) is 12.8. The molecule has 36 heavy (non-hydrogen) atoms. The Kier molecular flexibility index (Phi) is 9.40. The summed E-state index contributed by atoms with van der Waals surface area (Å²) in [5.74, 6) is 1.69. The Morgan fingerprint density at radius 1 is 1.28 bits per heavy atom. The van der Waals surface area contributed by atoms with E-state index in [-0.39, 0.29) is 12.1 Å². The predicted molar refractivity (Wildman–Crippen MR) is 154 cm³/mol. The van der Waals surface area contributed by atoms with Crippen LogP contribution in [0.3, 0.4) is 0 Å². The Balaban J connectivity index is 1.77. The molecule has 0 saturated carbocycles. The average Bonchev–Trinajstić information content (AvgIpc) is 3.31. The molecule has 1 unspecified atom stereocenters. The predicted octanol–water partition coefficient (Wildman–Crippen LogP) is 6.68. The van der Waals surface area contributed by atoms with Gasteiger partial charge in [0.15, 0.2) is 0 Å². The van der Waals surface area contributed by atoms with Gasteiger partial charge in [0.05, 0.1) is 30.8 Å². The molecule has 0 radical (unpaired) electrons. The first kappa shape index (κ1) is 26.6. The molecular weight excluding hydrogens is 488 g/mol. The van der Waals surface area contributed by atoms with Crippen LogP contribution in [-0.4, -0.2) is 47.8 Å². The molecule has 2 aliphatic heterocycles. The van der Waals surface area contributed by atoms with Gasteiger partial charge in [0.2, 0.25) is 0 Å². The Morgan fingerprint density at radius 2 is 2.08 bits per heavy atom. The van der Waals surface area contributed by atoms with E-state index in [0.717, 1.165) is 70.8 Å². The van der Waals surface area contributed by atoms with Gasteiger partial charge in [0.25, 0.3) is 0 Å². The molecule has 0 aliphatic carbocycles. The van der Waals surface area contributed by atoms with Crippen molar-refractivity contribution in [2.75, 3.05) is 19.8 Å². The minimum atomic E-state index is -0.0683. The summed E-state index contributed by atoms with van der Waals surface area (Å²) in [7, 11) is 0. The third-order valence-corrected chi connectivity index (χ3v) is 8.22. The molecule has 0 spiro atoms. The van der Waals surface area contributed by atoms with Gasteiger partial charge in [-0.05, 0) is 57.4 Å². The fraction of sp³-hybridized carbons (Fsp3) is 0.464. The van der Waals surface area contributed by atoms with E-state index in [4.69, 9.17) is 19.5 Å². The van der Waals surface area contributed by atoms with Gasteiger partial charge in [-0.3, -0.25) is 9.98 Å². The molecule has 1 atom stereocenters. The number of aryl methyl sites for hydroxylation is 1. The lowest BCUT2D eigenvalue weighted by Crippen LogP contribution is -2.27. The van der Waals surface area contributed by atoms with Crippen LogP contribution in [0.4, 0.5) is 0 Å². The van der Waals surface area contributed by atoms with Gasteiger partial charge in [0.1, 0.15) is 22.7 Å². The molecule has 1 N–H and O–H groups in total. The first-order valence-corrected chi connectivity index (χ1v) is 14.3. The fourth-order valence-corrected chi connectivity index (χ4v) is 5.65. The molecule has 6 nitrogen and oxygen atoms in total. The second kappa shape index (κ2) is 12.7. The third kappa shape index (κ3) is 6.87. The van der Waals surface area contributed by atoms with Crippen molar-refractivity contribution >= 4 is 34.0 Å². The first-order chi connectivity index (χ1) is 17.4. The monoisotopic (exact) mass is 524 g/mol. The van der Waals surface area contributed by atoms with Gasteiger partial charge < -0.3 is 14.8 Å². The van der Waals surface area contributed by atoms with E-state index < -0.39 is 0 Å². The van der Waals surface area contributed by atoms with Gasteiger partial charge in [-0.15, -0.1) is 11.3 Å². The lowest BCUT2D eigenvalue weighted by atomic mass is 10.0. The van der Waals surface area contributed by atoms with Gasteiger partial charge in [-0.1, -0.05) is 30.8 Å². The molecule has 4 rings (SSSR count). The summed E-state index contributed by atoms with van der Waals surface area (Å²) in [5, 5.41) is 5.49. The van der Waals surface area contributed by atoms with E-state index in [1.807, 2.05) is 12.4 Å². The first-order valence-electron chi connectivity index (χ1n) is 12.6. The number of thiazole rings is 1. The number of aromatic nitrogens is 1. The number of benzene rings is 1. The fourth-order valence-electron chi connectivity index (χ4n) is 4.05. The lowest BCUT2D eigenvalue weighted by molar-refractivity contribution is 0.0253. The number of allylic oxidation sites excluding steroid dienone is 2. The highest BCUT2D eigenvalue weighted by Crippen LogP contribution is 2.34. The Bertz CT molecular complexity index is 1180. The van der Waals surface area contributed by atoms with Crippen molar-refractivity contribution in [3.63, 3.8) is 0 Å². The van der Waals surface area contributed by atoms with E-state index in [1.54, 1.807) is 23.1 Å². The minimum Gasteiger partial charge on any atom is -0.490 e. The molecule has 3 heterocycles. The maximum Gasteiger partial charge on any atom is 0.133 e. The van der Waals surface area contributed by atoms with Crippen molar-refractivity contribution in [1.82, 2.24) is 10.3 Å². The highest BCUT2D eigenvalue weighted by molar-refractivity contribution is 8.17. The number of ether oxygens (including phenoxy) is 2. The normalized spacial score (nSPS) is 18.2. The Labute approximate surface area is 223 Å².